The van der Waals surface area contributed by atoms with E-state index >= 15 is 0 Å². The molecule has 2 aromatic rings. The van der Waals surface area contributed by atoms with Gasteiger partial charge in [0.05, 0.1) is 13.2 Å². The van der Waals surface area contributed by atoms with Gasteiger partial charge in [-0.05, 0) is 37.1 Å². The highest BCUT2D eigenvalue weighted by molar-refractivity contribution is 5.57. The zero-order chi connectivity index (χ0) is 16.4. The molecule has 0 N–H and O–H groups in total. The molecule has 1 aliphatic rings. The quantitative estimate of drug-likeness (QED) is 0.820. The van der Waals surface area contributed by atoms with Crippen molar-refractivity contribution < 1.29 is 4.74 Å². The molecule has 1 fully saturated rings. The van der Waals surface area contributed by atoms with E-state index in [4.69, 9.17) is 14.8 Å². The maximum atomic E-state index is 5.27. The Labute approximate surface area is 138 Å². The molecule has 1 aromatic carbocycles. The Kier molecular flexibility index (Phi) is 4.42. The summed E-state index contributed by atoms with van der Waals surface area (Å²) < 4.78 is 7.45. The van der Waals surface area contributed by atoms with Crippen LogP contribution in [0.15, 0.2) is 24.3 Å². The van der Waals surface area contributed by atoms with Gasteiger partial charge in [-0.2, -0.15) is 5.10 Å². The first-order valence-electron chi connectivity index (χ1n) is 8.60. The SMILES string of the molecule is COc1ccc(-c2nc(C(C)(C)C)nn2C2CCCCC2)cc1. The molecule has 4 nitrogen and oxygen atoms in total. The fourth-order valence-electron chi connectivity index (χ4n) is 3.16. The van der Waals surface area contributed by atoms with Gasteiger partial charge in [-0.25, -0.2) is 9.67 Å². The van der Waals surface area contributed by atoms with Gasteiger partial charge in [0.2, 0.25) is 0 Å². The van der Waals surface area contributed by atoms with Crippen LogP contribution in [0.5, 0.6) is 5.75 Å². The largest absolute Gasteiger partial charge is 0.497 e. The van der Waals surface area contributed by atoms with E-state index in [0.717, 1.165) is 23.0 Å². The van der Waals surface area contributed by atoms with E-state index in [1.807, 2.05) is 12.1 Å². The van der Waals surface area contributed by atoms with Gasteiger partial charge in [-0.1, -0.05) is 40.0 Å². The third kappa shape index (κ3) is 3.41. The standard InChI is InChI=1S/C19H27N3O/c1-19(2,3)18-20-17(14-10-12-16(23-4)13-11-14)22(21-18)15-8-6-5-7-9-15/h10-13,15H,5-9H2,1-4H3. The number of ether oxygens (including phenoxy) is 1. The molecular formula is C19H27N3O. The lowest BCUT2D eigenvalue weighted by atomic mass is 9.95. The fourth-order valence-corrected chi connectivity index (χ4v) is 3.16. The number of methoxy groups -OCH3 is 1. The highest BCUT2D eigenvalue weighted by Gasteiger charge is 2.26. The summed E-state index contributed by atoms with van der Waals surface area (Å²) in [6, 6.07) is 8.62. The second-order valence-corrected chi connectivity index (χ2v) is 7.47. The van der Waals surface area contributed by atoms with Crippen LogP contribution in [0.25, 0.3) is 11.4 Å². The van der Waals surface area contributed by atoms with E-state index in [0.29, 0.717) is 6.04 Å². The number of hydrogen-bond donors (Lipinski definition) is 0. The van der Waals surface area contributed by atoms with Gasteiger partial charge in [-0.3, -0.25) is 0 Å². The average molecular weight is 313 g/mol. The van der Waals surface area contributed by atoms with E-state index < -0.39 is 0 Å². The van der Waals surface area contributed by atoms with Crippen molar-refractivity contribution in [3.63, 3.8) is 0 Å². The Hall–Kier alpha value is -1.84. The molecule has 1 saturated carbocycles. The van der Waals surface area contributed by atoms with Crippen molar-refractivity contribution in [3.8, 4) is 17.1 Å². The second-order valence-electron chi connectivity index (χ2n) is 7.47. The molecule has 23 heavy (non-hydrogen) atoms. The minimum absolute atomic E-state index is 0.0405. The van der Waals surface area contributed by atoms with E-state index in [1.165, 1.54) is 32.1 Å². The maximum absolute atomic E-state index is 5.27. The van der Waals surface area contributed by atoms with E-state index in [-0.39, 0.29) is 5.41 Å². The first kappa shape index (κ1) is 16.0. The Morgan fingerprint density at radius 2 is 1.70 bits per heavy atom. The average Bonchev–Trinajstić information content (AvgIpc) is 3.01. The lowest BCUT2D eigenvalue weighted by Gasteiger charge is -2.23. The molecule has 124 valence electrons. The molecule has 0 aliphatic heterocycles. The third-order valence-electron chi connectivity index (χ3n) is 4.57. The van der Waals surface area contributed by atoms with Crippen LogP contribution in [0, 0.1) is 0 Å². The first-order chi connectivity index (χ1) is 11.0. The summed E-state index contributed by atoms with van der Waals surface area (Å²) in [5, 5.41) is 4.90. The molecule has 0 atom stereocenters. The van der Waals surface area contributed by atoms with E-state index in [9.17, 15) is 0 Å². The van der Waals surface area contributed by atoms with E-state index in [2.05, 4.69) is 37.6 Å². The normalized spacial score (nSPS) is 16.5. The molecule has 1 heterocycles. The van der Waals surface area contributed by atoms with Gasteiger partial charge in [0.25, 0.3) is 0 Å². The Morgan fingerprint density at radius 3 is 2.26 bits per heavy atom. The van der Waals surface area contributed by atoms with E-state index in [1.54, 1.807) is 7.11 Å². The van der Waals surface area contributed by atoms with Crippen LogP contribution >= 0.6 is 0 Å². The van der Waals surface area contributed by atoms with Gasteiger partial charge < -0.3 is 4.74 Å². The molecular weight excluding hydrogens is 286 g/mol. The van der Waals surface area contributed by atoms with Crippen molar-refractivity contribution in [2.45, 2.75) is 64.3 Å². The van der Waals surface area contributed by atoms with Crippen LogP contribution in [0.3, 0.4) is 0 Å². The van der Waals surface area contributed by atoms with Gasteiger partial charge >= 0.3 is 0 Å². The van der Waals surface area contributed by atoms with Crippen molar-refractivity contribution in [1.29, 1.82) is 0 Å². The Morgan fingerprint density at radius 1 is 1.04 bits per heavy atom. The van der Waals surface area contributed by atoms with Crippen molar-refractivity contribution in [2.24, 2.45) is 0 Å². The lowest BCUT2D eigenvalue weighted by Crippen LogP contribution is -2.17. The van der Waals surface area contributed by atoms with Crippen LogP contribution in [-0.4, -0.2) is 21.9 Å². The second kappa shape index (κ2) is 6.34. The van der Waals surface area contributed by atoms with Crippen molar-refractivity contribution >= 4 is 0 Å². The van der Waals surface area contributed by atoms with Crippen LogP contribution in [-0.2, 0) is 5.41 Å². The molecule has 0 amide bonds. The lowest BCUT2D eigenvalue weighted by molar-refractivity contribution is 0.328. The zero-order valence-electron chi connectivity index (χ0n) is 14.7. The highest BCUT2D eigenvalue weighted by Crippen LogP contribution is 2.33. The molecule has 0 saturated heterocycles. The summed E-state index contributed by atoms with van der Waals surface area (Å²) in [5.74, 6) is 2.78. The summed E-state index contributed by atoms with van der Waals surface area (Å²) in [7, 11) is 1.69. The van der Waals surface area contributed by atoms with Gasteiger partial charge in [0.1, 0.15) is 5.75 Å². The molecule has 1 aromatic heterocycles. The molecule has 0 radical (unpaired) electrons. The number of rotatable bonds is 3. The Balaban J connectivity index is 2.03. The van der Waals surface area contributed by atoms with Crippen LogP contribution < -0.4 is 4.74 Å². The topological polar surface area (TPSA) is 39.9 Å². The molecule has 0 bridgehead atoms. The number of benzene rings is 1. The van der Waals surface area contributed by atoms with Crippen LogP contribution in [0.4, 0.5) is 0 Å². The van der Waals surface area contributed by atoms with Gasteiger partial charge in [-0.15, -0.1) is 0 Å². The monoisotopic (exact) mass is 313 g/mol. The number of aromatic nitrogens is 3. The summed E-state index contributed by atoms with van der Waals surface area (Å²) in [5.41, 5.74) is 1.07. The van der Waals surface area contributed by atoms with Crippen molar-refractivity contribution in [3.05, 3.63) is 30.1 Å². The maximum Gasteiger partial charge on any atom is 0.158 e. The summed E-state index contributed by atoms with van der Waals surface area (Å²) in [6.45, 7) is 6.52. The van der Waals surface area contributed by atoms with Crippen LogP contribution in [0.1, 0.15) is 64.7 Å². The minimum Gasteiger partial charge on any atom is -0.497 e. The predicted molar refractivity (Wildman–Crippen MR) is 92.8 cm³/mol. The van der Waals surface area contributed by atoms with Gasteiger partial charge in [0, 0.05) is 11.0 Å². The van der Waals surface area contributed by atoms with Crippen molar-refractivity contribution in [2.75, 3.05) is 7.11 Å². The summed E-state index contributed by atoms with van der Waals surface area (Å²) in [6.07, 6.45) is 6.33. The van der Waals surface area contributed by atoms with Crippen molar-refractivity contribution in [1.82, 2.24) is 14.8 Å². The number of nitrogens with zero attached hydrogens (tertiary/aromatic N) is 3. The molecule has 0 unspecified atom stereocenters. The summed E-state index contributed by atoms with van der Waals surface area (Å²) in [4.78, 5) is 4.89. The highest BCUT2D eigenvalue weighted by atomic mass is 16.5. The molecule has 1 aliphatic carbocycles. The molecule has 0 spiro atoms. The Bertz CT molecular complexity index is 646. The number of hydrogen-bond acceptors (Lipinski definition) is 3. The third-order valence-corrected chi connectivity index (χ3v) is 4.57. The van der Waals surface area contributed by atoms with Gasteiger partial charge in [0.15, 0.2) is 11.6 Å². The predicted octanol–water partition coefficient (Wildman–Crippen LogP) is 4.76. The minimum atomic E-state index is -0.0405. The molecule has 3 rings (SSSR count). The zero-order valence-corrected chi connectivity index (χ0v) is 14.7. The first-order valence-corrected chi connectivity index (χ1v) is 8.60. The van der Waals surface area contributed by atoms with Crippen LogP contribution in [0.2, 0.25) is 0 Å². The smallest absolute Gasteiger partial charge is 0.158 e. The fraction of sp³-hybridized carbons (Fsp3) is 0.579. The molecule has 4 heteroatoms. The summed E-state index contributed by atoms with van der Waals surface area (Å²) >= 11 is 0.